The van der Waals surface area contributed by atoms with E-state index < -0.39 is 12.0 Å². The summed E-state index contributed by atoms with van der Waals surface area (Å²) in [6.45, 7) is 3.76. The summed E-state index contributed by atoms with van der Waals surface area (Å²) in [7, 11) is 1.64. The topological polar surface area (TPSA) is 49.3 Å². The van der Waals surface area contributed by atoms with Crippen molar-refractivity contribution in [1.82, 2.24) is 5.32 Å². The number of rotatable bonds is 5. The van der Waals surface area contributed by atoms with Gasteiger partial charge in [0.05, 0.1) is 0 Å². The maximum absolute atomic E-state index is 10.5. The van der Waals surface area contributed by atoms with Crippen LogP contribution in [0.4, 0.5) is 0 Å². The van der Waals surface area contributed by atoms with Crippen LogP contribution in [0.25, 0.3) is 0 Å². The molecule has 0 saturated heterocycles. The fourth-order valence-electron chi connectivity index (χ4n) is 0.879. The molecular weight excluding hydrogens is 178 g/mol. The van der Waals surface area contributed by atoms with Gasteiger partial charge in [-0.15, -0.1) is 11.6 Å². The van der Waals surface area contributed by atoms with E-state index in [1.807, 2.05) is 13.8 Å². The van der Waals surface area contributed by atoms with Crippen LogP contribution in [0.1, 0.15) is 26.7 Å². The highest BCUT2D eigenvalue weighted by Gasteiger charge is 2.20. The maximum Gasteiger partial charge on any atom is 0.320 e. The predicted molar refractivity (Wildman–Crippen MR) is 49.6 cm³/mol. The number of halogens is 1. The summed E-state index contributed by atoms with van der Waals surface area (Å²) < 4.78 is 0. The zero-order valence-corrected chi connectivity index (χ0v) is 8.48. The van der Waals surface area contributed by atoms with E-state index in [-0.39, 0.29) is 4.87 Å². The fourth-order valence-corrected chi connectivity index (χ4v) is 0.988. The molecule has 72 valence electrons. The van der Waals surface area contributed by atoms with E-state index in [0.29, 0.717) is 12.8 Å². The minimum absolute atomic E-state index is 0.315. The number of carboxylic acid groups (broad SMARTS) is 1. The quantitative estimate of drug-likeness (QED) is 0.650. The Hall–Kier alpha value is -0.280. The molecule has 0 radical (unpaired) electrons. The largest absolute Gasteiger partial charge is 0.480 e. The van der Waals surface area contributed by atoms with Crippen LogP contribution in [0, 0.1) is 0 Å². The second kappa shape index (κ2) is 4.67. The van der Waals surface area contributed by atoms with Gasteiger partial charge in [-0.3, -0.25) is 4.79 Å². The molecule has 0 bridgehead atoms. The van der Waals surface area contributed by atoms with Crippen molar-refractivity contribution < 1.29 is 9.90 Å². The summed E-state index contributed by atoms with van der Waals surface area (Å²) >= 11 is 5.92. The Labute approximate surface area is 78.1 Å². The SMILES string of the molecule is CNC(CCC(C)(C)Cl)C(=O)O. The first-order valence-corrected chi connectivity index (χ1v) is 4.33. The van der Waals surface area contributed by atoms with E-state index >= 15 is 0 Å². The van der Waals surface area contributed by atoms with Crippen LogP contribution in [-0.2, 0) is 4.79 Å². The zero-order valence-electron chi connectivity index (χ0n) is 7.72. The molecule has 4 heteroatoms. The molecule has 0 aromatic carbocycles. The molecule has 1 atom stereocenters. The van der Waals surface area contributed by atoms with E-state index in [0.717, 1.165) is 0 Å². The number of alkyl halides is 1. The lowest BCUT2D eigenvalue weighted by atomic mass is 10.0. The lowest BCUT2D eigenvalue weighted by Crippen LogP contribution is -2.35. The Balaban J connectivity index is 3.81. The Morgan fingerprint density at radius 3 is 2.42 bits per heavy atom. The van der Waals surface area contributed by atoms with Crippen molar-refractivity contribution in [2.75, 3.05) is 7.05 Å². The fraction of sp³-hybridized carbons (Fsp3) is 0.875. The van der Waals surface area contributed by atoms with Crippen LogP contribution in [0.15, 0.2) is 0 Å². The first-order chi connectivity index (χ1) is 5.37. The Morgan fingerprint density at radius 2 is 2.17 bits per heavy atom. The molecule has 0 saturated carbocycles. The van der Waals surface area contributed by atoms with Gasteiger partial charge in [0.25, 0.3) is 0 Å². The van der Waals surface area contributed by atoms with Gasteiger partial charge in [-0.25, -0.2) is 0 Å². The van der Waals surface area contributed by atoms with Crippen molar-refractivity contribution in [2.45, 2.75) is 37.6 Å². The number of carbonyl (C=O) groups is 1. The van der Waals surface area contributed by atoms with Gasteiger partial charge in [-0.05, 0) is 33.7 Å². The van der Waals surface area contributed by atoms with Crippen LogP contribution in [0.2, 0.25) is 0 Å². The van der Waals surface area contributed by atoms with Gasteiger partial charge in [0.15, 0.2) is 0 Å². The third-order valence-electron chi connectivity index (χ3n) is 1.67. The molecule has 0 aromatic heterocycles. The highest BCUT2D eigenvalue weighted by Crippen LogP contribution is 2.20. The third kappa shape index (κ3) is 5.38. The smallest absolute Gasteiger partial charge is 0.320 e. The minimum atomic E-state index is -0.821. The monoisotopic (exact) mass is 193 g/mol. The van der Waals surface area contributed by atoms with Crippen molar-refractivity contribution in [3.8, 4) is 0 Å². The zero-order chi connectivity index (χ0) is 9.78. The molecule has 0 heterocycles. The van der Waals surface area contributed by atoms with Crippen molar-refractivity contribution in [3.05, 3.63) is 0 Å². The molecule has 0 aromatic rings. The highest BCUT2D eigenvalue weighted by molar-refractivity contribution is 6.23. The molecular formula is C8H16ClNO2. The van der Waals surface area contributed by atoms with Crippen molar-refractivity contribution in [3.63, 3.8) is 0 Å². The normalized spacial score (nSPS) is 14.3. The number of hydrogen-bond acceptors (Lipinski definition) is 2. The predicted octanol–water partition coefficient (Wildman–Crippen LogP) is 1.46. The third-order valence-corrected chi connectivity index (χ3v) is 1.86. The molecule has 0 aliphatic carbocycles. The maximum atomic E-state index is 10.5. The summed E-state index contributed by atoms with van der Waals surface area (Å²) in [5.74, 6) is -0.821. The van der Waals surface area contributed by atoms with Gasteiger partial charge in [0.1, 0.15) is 6.04 Å². The van der Waals surface area contributed by atoms with Gasteiger partial charge in [-0.2, -0.15) is 0 Å². The summed E-state index contributed by atoms with van der Waals surface area (Å²) in [6.07, 6.45) is 1.24. The van der Waals surface area contributed by atoms with E-state index in [1.54, 1.807) is 7.05 Å². The molecule has 3 nitrogen and oxygen atoms in total. The van der Waals surface area contributed by atoms with Gasteiger partial charge < -0.3 is 10.4 Å². The number of aliphatic carboxylic acids is 1. The minimum Gasteiger partial charge on any atom is -0.480 e. The van der Waals surface area contributed by atoms with Crippen molar-refractivity contribution in [2.24, 2.45) is 0 Å². The van der Waals surface area contributed by atoms with Crippen LogP contribution < -0.4 is 5.32 Å². The first kappa shape index (κ1) is 11.7. The van der Waals surface area contributed by atoms with E-state index in [9.17, 15) is 4.79 Å². The van der Waals surface area contributed by atoms with E-state index in [1.165, 1.54) is 0 Å². The van der Waals surface area contributed by atoms with Crippen molar-refractivity contribution >= 4 is 17.6 Å². The number of nitrogens with one attached hydrogen (secondary N) is 1. The van der Waals surface area contributed by atoms with Gasteiger partial charge in [0.2, 0.25) is 0 Å². The summed E-state index contributed by atoms with van der Waals surface area (Å²) in [5.41, 5.74) is 0. The summed E-state index contributed by atoms with van der Waals surface area (Å²) in [4.78, 5) is 10.2. The average molecular weight is 194 g/mol. The van der Waals surface area contributed by atoms with Gasteiger partial charge in [0, 0.05) is 4.87 Å². The lowest BCUT2D eigenvalue weighted by molar-refractivity contribution is -0.139. The van der Waals surface area contributed by atoms with E-state index in [2.05, 4.69) is 5.32 Å². The molecule has 0 aliphatic rings. The Morgan fingerprint density at radius 1 is 1.67 bits per heavy atom. The molecule has 0 spiro atoms. The number of hydrogen-bond donors (Lipinski definition) is 2. The van der Waals surface area contributed by atoms with Crippen LogP contribution in [0.3, 0.4) is 0 Å². The first-order valence-electron chi connectivity index (χ1n) is 3.96. The molecule has 0 rings (SSSR count). The summed E-state index contributed by atoms with van der Waals surface area (Å²) in [5, 5.41) is 11.4. The molecule has 12 heavy (non-hydrogen) atoms. The molecule has 0 amide bonds. The number of carboxylic acids is 1. The Bertz CT molecular complexity index is 154. The van der Waals surface area contributed by atoms with Gasteiger partial charge in [-0.1, -0.05) is 0 Å². The molecule has 0 fully saturated rings. The second-order valence-corrected chi connectivity index (χ2v) is 4.46. The van der Waals surface area contributed by atoms with Crippen LogP contribution in [-0.4, -0.2) is 29.0 Å². The van der Waals surface area contributed by atoms with Crippen molar-refractivity contribution in [1.29, 1.82) is 0 Å². The molecule has 0 aliphatic heterocycles. The van der Waals surface area contributed by atoms with Crippen LogP contribution in [0.5, 0.6) is 0 Å². The Kier molecular flexibility index (Phi) is 4.57. The molecule has 2 N–H and O–H groups in total. The second-order valence-electron chi connectivity index (χ2n) is 3.44. The highest BCUT2D eigenvalue weighted by atomic mass is 35.5. The standard InChI is InChI=1S/C8H16ClNO2/c1-8(2,9)5-4-6(10-3)7(11)12/h6,10H,4-5H2,1-3H3,(H,11,12). The number of likely N-dealkylation sites (N-methyl/N-ethyl adjacent to an activating group) is 1. The average Bonchev–Trinajstić information content (AvgIpc) is 1.85. The summed E-state index contributed by atoms with van der Waals surface area (Å²) in [6, 6.07) is -0.483. The van der Waals surface area contributed by atoms with E-state index in [4.69, 9.17) is 16.7 Å². The van der Waals surface area contributed by atoms with Crippen LogP contribution >= 0.6 is 11.6 Å². The lowest BCUT2D eigenvalue weighted by Gasteiger charge is -2.18. The molecule has 1 unspecified atom stereocenters. The van der Waals surface area contributed by atoms with Gasteiger partial charge >= 0.3 is 5.97 Å².